The van der Waals surface area contributed by atoms with Crippen molar-refractivity contribution in [3.05, 3.63) is 35.4 Å². The van der Waals surface area contributed by atoms with Crippen molar-refractivity contribution in [2.75, 3.05) is 0 Å². The second-order valence-electron chi connectivity index (χ2n) is 3.88. The van der Waals surface area contributed by atoms with Gasteiger partial charge in [-0.2, -0.15) is 0 Å². The normalized spacial score (nSPS) is 12.3. The van der Waals surface area contributed by atoms with Crippen LogP contribution in [-0.4, -0.2) is 23.1 Å². The standard InChI is InChI=1S/C13H15NO4/c1-8-3-5-11(18-9(2)13(14)17)10(7-8)4-6-12(15)16/h3-7,9H,1-2H3,(H2,14,17)(H,15,16)/b6-4+. The van der Waals surface area contributed by atoms with Crippen molar-refractivity contribution < 1.29 is 19.4 Å². The van der Waals surface area contributed by atoms with Crippen molar-refractivity contribution in [2.45, 2.75) is 20.0 Å². The molecule has 1 unspecified atom stereocenters. The van der Waals surface area contributed by atoms with Crippen molar-refractivity contribution >= 4 is 18.0 Å². The number of benzene rings is 1. The number of aryl methyl sites for hydroxylation is 1. The van der Waals surface area contributed by atoms with Crippen molar-refractivity contribution in [1.29, 1.82) is 0 Å². The number of rotatable bonds is 5. The van der Waals surface area contributed by atoms with Crippen molar-refractivity contribution in [3.8, 4) is 5.75 Å². The highest BCUT2D eigenvalue weighted by molar-refractivity contribution is 5.86. The maximum absolute atomic E-state index is 10.9. The first kappa shape index (κ1) is 13.8. The van der Waals surface area contributed by atoms with E-state index in [4.69, 9.17) is 15.6 Å². The molecule has 1 aromatic carbocycles. The first-order valence-electron chi connectivity index (χ1n) is 5.38. The highest BCUT2D eigenvalue weighted by Crippen LogP contribution is 2.22. The van der Waals surface area contributed by atoms with E-state index in [2.05, 4.69) is 0 Å². The SMILES string of the molecule is Cc1ccc(OC(C)C(N)=O)c(/C=C/C(=O)O)c1. The quantitative estimate of drug-likeness (QED) is 0.771. The van der Waals surface area contributed by atoms with Crippen LogP contribution in [0.2, 0.25) is 0 Å². The molecule has 5 heteroatoms. The number of nitrogens with two attached hydrogens (primary N) is 1. The zero-order valence-electron chi connectivity index (χ0n) is 10.2. The van der Waals surface area contributed by atoms with Crippen LogP contribution in [0.4, 0.5) is 0 Å². The smallest absolute Gasteiger partial charge is 0.328 e. The van der Waals surface area contributed by atoms with E-state index in [1.54, 1.807) is 18.2 Å². The average Bonchev–Trinajstić information content (AvgIpc) is 2.29. The summed E-state index contributed by atoms with van der Waals surface area (Å²) in [6.45, 7) is 3.41. The highest BCUT2D eigenvalue weighted by Gasteiger charge is 2.12. The molecule has 0 saturated heterocycles. The van der Waals surface area contributed by atoms with Gasteiger partial charge in [-0.05, 0) is 32.1 Å². The number of carbonyl (C=O) groups excluding carboxylic acids is 1. The summed E-state index contributed by atoms with van der Waals surface area (Å²) in [5.41, 5.74) is 6.66. The lowest BCUT2D eigenvalue weighted by molar-refractivity contribution is -0.131. The number of aliphatic carboxylic acids is 1. The molecule has 0 saturated carbocycles. The first-order valence-corrected chi connectivity index (χ1v) is 5.38. The van der Waals surface area contributed by atoms with Crippen LogP contribution in [-0.2, 0) is 9.59 Å². The Morgan fingerprint density at radius 3 is 2.67 bits per heavy atom. The molecular formula is C13H15NO4. The van der Waals surface area contributed by atoms with Crippen LogP contribution in [0.25, 0.3) is 6.08 Å². The van der Waals surface area contributed by atoms with Crippen molar-refractivity contribution in [1.82, 2.24) is 0 Å². The van der Waals surface area contributed by atoms with Crippen LogP contribution < -0.4 is 10.5 Å². The molecule has 0 aromatic heterocycles. The fraction of sp³-hybridized carbons (Fsp3) is 0.231. The topological polar surface area (TPSA) is 89.6 Å². The minimum atomic E-state index is -1.05. The van der Waals surface area contributed by atoms with Gasteiger partial charge in [-0.3, -0.25) is 4.79 Å². The van der Waals surface area contributed by atoms with E-state index in [0.29, 0.717) is 11.3 Å². The van der Waals surface area contributed by atoms with E-state index in [1.807, 2.05) is 6.92 Å². The molecule has 3 N–H and O–H groups in total. The lowest BCUT2D eigenvalue weighted by Gasteiger charge is -2.14. The van der Waals surface area contributed by atoms with E-state index in [9.17, 15) is 9.59 Å². The van der Waals surface area contributed by atoms with Gasteiger partial charge in [-0.25, -0.2) is 4.79 Å². The number of carboxylic acid groups (broad SMARTS) is 1. The zero-order valence-corrected chi connectivity index (χ0v) is 10.2. The van der Waals surface area contributed by atoms with E-state index < -0.39 is 18.0 Å². The Hall–Kier alpha value is -2.30. The minimum absolute atomic E-state index is 0.421. The fourth-order valence-electron chi connectivity index (χ4n) is 1.32. The van der Waals surface area contributed by atoms with E-state index in [-0.39, 0.29) is 0 Å². The molecule has 5 nitrogen and oxygen atoms in total. The molecule has 1 aromatic rings. The minimum Gasteiger partial charge on any atom is -0.480 e. The second-order valence-corrected chi connectivity index (χ2v) is 3.88. The summed E-state index contributed by atoms with van der Waals surface area (Å²) in [4.78, 5) is 21.4. The number of amides is 1. The number of carbonyl (C=O) groups is 2. The number of carboxylic acids is 1. The molecule has 1 rings (SSSR count). The molecule has 1 amide bonds. The third-order valence-electron chi connectivity index (χ3n) is 2.28. The maximum atomic E-state index is 10.9. The third-order valence-corrected chi connectivity index (χ3v) is 2.28. The van der Waals surface area contributed by atoms with Crippen LogP contribution in [0.15, 0.2) is 24.3 Å². The zero-order chi connectivity index (χ0) is 13.7. The summed E-state index contributed by atoms with van der Waals surface area (Å²) in [5, 5.41) is 8.60. The van der Waals surface area contributed by atoms with E-state index in [1.165, 1.54) is 13.0 Å². The number of ether oxygens (including phenoxy) is 1. The molecule has 0 bridgehead atoms. The molecule has 1 atom stereocenters. The van der Waals surface area contributed by atoms with Gasteiger partial charge in [-0.15, -0.1) is 0 Å². The Morgan fingerprint density at radius 1 is 1.44 bits per heavy atom. The monoisotopic (exact) mass is 249 g/mol. The van der Waals surface area contributed by atoms with Crippen molar-refractivity contribution in [3.63, 3.8) is 0 Å². The molecule has 0 fully saturated rings. The van der Waals surface area contributed by atoms with Crippen LogP contribution in [0.3, 0.4) is 0 Å². The Kier molecular flexibility index (Phi) is 4.48. The Bertz CT molecular complexity index is 494. The third kappa shape index (κ3) is 3.93. The van der Waals surface area contributed by atoms with Crippen LogP contribution >= 0.6 is 0 Å². The second kappa shape index (κ2) is 5.86. The van der Waals surface area contributed by atoms with Gasteiger partial charge >= 0.3 is 5.97 Å². The molecule has 0 radical (unpaired) electrons. The predicted molar refractivity (Wildman–Crippen MR) is 67.1 cm³/mol. The van der Waals surface area contributed by atoms with Crippen LogP contribution in [0, 0.1) is 6.92 Å². The molecule has 0 heterocycles. The molecule has 0 aliphatic rings. The fourth-order valence-corrected chi connectivity index (χ4v) is 1.32. The largest absolute Gasteiger partial charge is 0.480 e. The molecular weight excluding hydrogens is 234 g/mol. The summed E-state index contributed by atoms with van der Waals surface area (Å²) < 4.78 is 5.38. The molecule has 18 heavy (non-hydrogen) atoms. The maximum Gasteiger partial charge on any atom is 0.328 e. The molecule has 0 spiro atoms. The Balaban J connectivity index is 3.03. The lowest BCUT2D eigenvalue weighted by atomic mass is 10.1. The summed E-state index contributed by atoms with van der Waals surface area (Å²) in [6, 6.07) is 5.25. The van der Waals surface area contributed by atoms with Gasteiger partial charge in [0.1, 0.15) is 5.75 Å². The average molecular weight is 249 g/mol. The van der Waals surface area contributed by atoms with Crippen LogP contribution in [0.1, 0.15) is 18.1 Å². The summed E-state index contributed by atoms with van der Waals surface area (Å²) in [7, 11) is 0. The summed E-state index contributed by atoms with van der Waals surface area (Å²) in [5.74, 6) is -1.21. The first-order chi connectivity index (χ1) is 8.40. The Morgan fingerprint density at radius 2 is 2.11 bits per heavy atom. The number of hydrogen-bond acceptors (Lipinski definition) is 3. The van der Waals surface area contributed by atoms with Crippen molar-refractivity contribution in [2.24, 2.45) is 5.73 Å². The van der Waals surface area contributed by atoms with Gasteiger partial charge in [0.25, 0.3) is 5.91 Å². The Labute approximate surface area is 105 Å². The van der Waals surface area contributed by atoms with Gasteiger partial charge < -0.3 is 15.6 Å². The van der Waals surface area contributed by atoms with E-state index in [0.717, 1.165) is 11.6 Å². The highest BCUT2D eigenvalue weighted by atomic mass is 16.5. The summed E-state index contributed by atoms with van der Waals surface area (Å²) in [6.07, 6.45) is 1.65. The van der Waals surface area contributed by atoms with E-state index >= 15 is 0 Å². The van der Waals surface area contributed by atoms with Gasteiger partial charge in [0, 0.05) is 11.6 Å². The number of hydrogen-bond donors (Lipinski definition) is 2. The van der Waals surface area contributed by atoms with Crippen LogP contribution in [0.5, 0.6) is 5.75 Å². The van der Waals surface area contributed by atoms with Gasteiger partial charge in [-0.1, -0.05) is 11.6 Å². The predicted octanol–water partition coefficient (Wildman–Crippen LogP) is 1.35. The number of primary amides is 1. The van der Waals surface area contributed by atoms with Gasteiger partial charge in [0.05, 0.1) is 0 Å². The lowest BCUT2D eigenvalue weighted by Crippen LogP contribution is -2.30. The molecule has 96 valence electrons. The summed E-state index contributed by atoms with van der Waals surface area (Å²) >= 11 is 0. The molecule has 0 aliphatic carbocycles. The van der Waals surface area contributed by atoms with Gasteiger partial charge in [0.2, 0.25) is 0 Å². The van der Waals surface area contributed by atoms with Gasteiger partial charge in [0.15, 0.2) is 6.10 Å². The molecule has 0 aliphatic heterocycles.